The summed E-state index contributed by atoms with van der Waals surface area (Å²) in [5.41, 5.74) is 5.53. The number of fused-ring (bicyclic) bond motifs is 1. The van der Waals surface area contributed by atoms with Crippen molar-refractivity contribution in [1.82, 2.24) is 9.97 Å². The molecule has 16 heavy (non-hydrogen) atoms. The Kier molecular flexibility index (Phi) is 2.84. The summed E-state index contributed by atoms with van der Waals surface area (Å²) < 4.78 is 26.2. The minimum atomic E-state index is -1.01. The van der Waals surface area contributed by atoms with Crippen LogP contribution >= 0.6 is 0 Å². The molecular formula is C10H11F2N3O. The number of aliphatic hydroxyl groups is 1. The average Bonchev–Trinajstić information content (AvgIpc) is 2.69. The maximum atomic E-state index is 13.3. The summed E-state index contributed by atoms with van der Waals surface area (Å²) in [6, 6.07) is 2.38. The fourth-order valence-corrected chi connectivity index (χ4v) is 1.49. The second-order valence-electron chi connectivity index (χ2n) is 3.47. The van der Waals surface area contributed by atoms with Gasteiger partial charge >= 0.3 is 0 Å². The largest absolute Gasteiger partial charge is 0.385 e. The van der Waals surface area contributed by atoms with Crippen molar-refractivity contribution in [3.8, 4) is 0 Å². The summed E-state index contributed by atoms with van der Waals surface area (Å²) in [6.45, 7) is 0.287. The minimum absolute atomic E-state index is 0.105. The number of hydrogen-bond donors (Lipinski definition) is 3. The maximum absolute atomic E-state index is 13.3. The zero-order chi connectivity index (χ0) is 11.7. The molecule has 0 radical (unpaired) electrons. The van der Waals surface area contributed by atoms with Crippen LogP contribution in [-0.2, 0) is 0 Å². The van der Waals surface area contributed by atoms with E-state index in [1.807, 2.05) is 0 Å². The molecular weight excluding hydrogens is 216 g/mol. The Morgan fingerprint density at radius 3 is 2.88 bits per heavy atom. The summed E-state index contributed by atoms with van der Waals surface area (Å²) in [7, 11) is 0. The van der Waals surface area contributed by atoms with Gasteiger partial charge in [0.15, 0.2) is 11.6 Å². The lowest BCUT2D eigenvalue weighted by molar-refractivity contribution is 0.162. The first-order valence-corrected chi connectivity index (χ1v) is 4.85. The number of nitrogens with zero attached hydrogens (tertiary/aromatic N) is 1. The highest BCUT2D eigenvalue weighted by Gasteiger charge is 2.15. The first-order chi connectivity index (χ1) is 7.63. The fourth-order valence-electron chi connectivity index (χ4n) is 1.49. The Bertz CT molecular complexity index is 512. The molecule has 0 aliphatic heterocycles. The molecule has 0 aliphatic carbocycles. The van der Waals surface area contributed by atoms with E-state index < -0.39 is 17.7 Å². The van der Waals surface area contributed by atoms with Gasteiger partial charge in [-0.2, -0.15) is 0 Å². The summed E-state index contributed by atoms with van der Waals surface area (Å²) in [5, 5.41) is 9.59. The molecule has 2 aromatic rings. The quantitative estimate of drug-likeness (QED) is 0.738. The van der Waals surface area contributed by atoms with E-state index in [9.17, 15) is 13.9 Å². The minimum Gasteiger partial charge on any atom is -0.385 e. The molecule has 0 saturated carbocycles. The lowest BCUT2D eigenvalue weighted by Gasteiger charge is -2.03. The number of H-pyrrole nitrogens is 1. The van der Waals surface area contributed by atoms with Gasteiger partial charge in [0, 0.05) is 0 Å². The van der Waals surface area contributed by atoms with E-state index in [0.29, 0.717) is 11.9 Å². The predicted octanol–water partition coefficient (Wildman–Crippen LogP) is 1.22. The molecule has 1 aromatic carbocycles. The Morgan fingerprint density at radius 1 is 1.44 bits per heavy atom. The zero-order valence-corrected chi connectivity index (χ0v) is 8.37. The van der Waals surface area contributed by atoms with Crippen molar-refractivity contribution in [2.75, 3.05) is 6.54 Å². The van der Waals surface area contributed by atoms with Crippen LogP contribution < -0.4 is 5.73 Å². The van der Waals surface area contributed by atoms with Gasteiger partial charge in [-0.1, -0.05) is 0 Å². The van der Waals surface area contributed by atoms with E-state index in [-0.39, 0.29) is 17.9 Å². The van der Waals surface area contributed by atoms with Gasteiger partial charge in [0.2, 0.25) is 0 Å². The van der Waals surface area contributed by atoms with E-state index in [1.165, 1.54) is 6.07 Å². The van der Waals surface area contributed by atoms with Crippen LogP contribution in [0.3, 0.4) is 0 Å². The third kappa shape index (κ3) is 1.77. The standard InChI is InChI=1S/C10H11F2N3O/c11-5-1-2-6-9(8(5)12)15-10(14-6)7(16)3-4-13/h1-2,7,16H,3-4,13H2,(H,14,15). The SMILES string of the molecule is NCCC(O)c1nc2c(F)c(F)ccc2[nH]1. The summed E-state index contributed by atoms with van der Waals surface area (Å²) in [6.07, 6.45) is -0.580. The molecule has 4 nitrogen and oxygen atoms in total. The molecule has 4 N–H and O–H groups in total. The number of nitrogens with one attached hydrogen (secondary N) is 1. The highest BCUT2D eigenvalue weighted by atomic mass is 19.2. The molecule has 0 fully saturated rings. The Morgan fingerprint density at radius 2 is 2.19 bits per heavy atom. The molecule has 1 atom stereocenters. The van der Waals surface area contributed by atoms with E-state index in [4.69, 9.17) is 5.73 Å². The fraction of sp³-hybridized carbons (Fsp3) is 0.300. The first-order valence-electron chi connectivity index (χ1n) is 4.85. The lowest BCUT2D eigenvalue weighted by atomic mass is 10.2. The molecule has 0 amide bonds. The molecule has 1 heterocycles. The van der Waals surface area contributed by atoms with Crippen molar-refractivity contribution >= 4 is 11.0 Å². The molecule has 86 valence electrons. The summed E-state index contributed by atoms with van der Waals surface area (Å²) in [4.78, 5) is 6.54. The molecule has 6 heteroatoms. The molecule has 0 aliphatic rings. The smallest absolute Gasteiger partial charge is 0.186 e. The van der Waals surface area contributed by atoms with Crippen LogP contribution in [0.4, 0.5) is 8.78 Å². The number of imidazole rings is 1. The van der Waals surface area contributed by atoms with Crippen LogP contribution in [0.1, 0.15) is 18.3 Å². The number of hydrogen-bond acceptors (Lipinski definition) is 3. The van der Waals surface area contributed by atoms with Crippen LogP contribution in [-0.4, -0.2) is 21.6 Å². The predicted molar refractivity (Wildman–Crippen MR) is 54.6 cm³/mol. The van der Waals surface area contributed by atoms with Gasteiger partial charge in [-0.15, -0.1) is 0 Å². The molecule has 1 aromatic heterocycles. The van der Waals surface area contributed by atoms with Crippen LogP contribution in [0.15, 0.2) is 12.1 Å². The third-order valence-electron chi connectivity index (χ3n) is 2.32. The highest BCUT2D eigenvalue weighted by molar-refractivity contribution is 5.75. The molecule has 0 saturated heterocycles. The van der Waals surface area contributed by atoms with Gasteiger partial charge in [0.25, 0.3) is 0 Å². The monoisotopic (exact) mass is 227 g/mol. The second-order valence-corrected chi connectivity index (χ2v) is 3.47. The average molecular weight is 227 g/mol. The third-order valence-corrected chi connectivity index (χ3v) is 2.32. The van der Waals surface area contributed by atoms with Gasteiger partial charge in [-0.05, 0) is 25.1 Å². The number of benzene rings is 1. The van der Waals surface area contributed by atoms with E-state index in [2.05, 4.69) is 9.97 Å². The van der Waals surface area contributed by atoms with E-state index in [0.717, 1.165) is 6.07 Å². The maximum Gasteiger partial charge on any atom is 0.186 e. The molecule has 1 unspecified atom stereocenters. The topological polar surface area (TPSA) is 74.9 Å². The van der Waals surface area contributed by atoms with Gasteiger partial charge in [-0.3, -0.25) is 0 Å². The second kappa shape index (κ2) is 4.15. The molecule has 2 rings (SSSR count). The number of halogens is 2. The van der Waals surface area contributed by atoms with E-state index in [1.54, 1.807) is 0 Å². The highest BCUT2D eigenvalue weighted by Crippen LogP contribution is 2.21. The molecule has 0 spiro atoms. The van der Waals surface area contributed by atoms with Gasteiger partial charge < -0.3 is 15.8 Å². The van der Waals surface area contributed by atoms with Crippen molar-refractivity contribution in [3.05, 3.63) is 29.6 Å². The number of rotatable bonds is 3. The van der Waals surface area contributed by atoms with Gasteiger partial charge in [0.1, 0.15) is 17.4 Å². The Balaban J connectivity index is 2.48. The lowest BCUT2D eigenvalue weighted by Crippen LogP contribution is -2.07. The summed E-state index contributed by atoms with van der Waals surface area (Å²) >= 11 is 0. The van der Waals surface area contributed by atoms with Crippen LogP contribution in [0.25, 0.3) is 11.0 Å². The molecule has 0 bridgehead atoms. The Hall–Kier alpha value is -1.53. The van der Waals surface area contributed by atoms with Crippen molar-refractivity contribution in [3.63, 3.8) is 0 Å². The van der Waals surface area contributed by atoms with Gasteiger partial charge in [0.05, 0.1) is 5.52 Å². The number of aromatic amines is 1. The zero-order valence-electron chi connectivity index (χ0n) is 8.37. The first kappa shape index (κ1) is 11.0. The summed E-state index contributed by atoms with van der Waals surface area (Å²) in [5.74, 6) is -1.77. The van der Waals surface area contributed by atoms with Crippen molar-refractivity contribution in [1.29, 1.82) is 0 Å². The van der Waals surface area contributed by atoms with Crippen LogP contribution in [0.5, 0.6) is 0 Å². The van der Waals surface area contributed by atoms with Crippen molar-refractivity contribution < 1.29 is 13.9 Å². The Labute approximate surface area is 90.1 Å². The normalized spacial score (nSPS) is 13.2. The van der Waals surface area contributed by atoms with E-state index >= 15 is 0 Å². The van der Waals surface area contributed by atoms with Crippen LogP contribution in [0, 0.1) is 11.6 Å². The number of aromatic nitrogens is 2. The van der Waals surface area contributed by atoms with Crippen molar-refractivity contribution in [2.45, 2.75) is 12.5 Å². The van der Waals surface area contributed by atoms with Crippen LogP contribution in [0.2, 0.25) is 0 Å². The number of nitrogens with two attached hydrogens (primary N) is 1. The van der Waals surface area contributed by atoms with Gasteiger partial charge in [-0.25, -0.2) is 13.8 Å². The van der Waals surface area contributed by atoms with Crippen molar-refractivity contribution in [2.24, 2.45) is 5.73 Å². The number of aliphatic hydroxyl groups excluding tert-OH is 1.